The van der Waals surface area contributed by atoms with Crippen molar-refractivity contribution >= 4 is 11.6 Å². The van der Waals surface area contributed by atoms with Crippen LogP contribution in [-0.2, 0) is 4.79 Å². The lowest BCUT2D eigenvalue weighted by Gasteiger charge is -2.34. The van der Waals surface area contributed by atoms with Gasteiger partial charge in [-0.05, 0) is 38.0 Å². The Morgan fingerprint density at radius 1 is 1.58 bits per heavy atom. The fourth-order valence-electron chi connectivity index (χ4n) is 2.58. The second kappa shape index (κ2) is 5.57. The number of hydrogen-bond donors (Lipinski definition) is 2. The van der Waals surface area contributed by atoms with Crippen molar-refractivity contribution in [3.05, 3.63) is 29.6 Å². The van der Waals surface area contributed by atoms with Gasteiger partial charge in [0.1, 0.15) is 5.82 Å². The Morgan fingerprint density at radius 2 is 2.32 bits per heavy atom. The van der Waals surface area contributed by atoms with Crippen LogP contribution in [0.3, 0.4) is 0 Å². The van der Waals surface area contributed by atoms with Gasteiger partial charge in [-0.1, -0.05) is 0 Å². The second-order valence-electron chi connectivity index (χ2n) is 5.07. The molecular formula is C14H19FN2O2. The molecule has 19 heavy (non-hydrogen) atoms. The standard InChI is InChI=1S/C14H19FN2O2/c1-9(18)12-7-11(15)4-5-13(12)17-6-2-3-10(8-17)14(16)19/h4-5,7,9-10,18H,2-3,6,8H2,1H3,(H2,16,19)/t9-,10?/m0/s1. The molecule has 104 valence electrons. The maximum absolute atomic E-state index is 13.3. The number of hydrogen-bond acceptors (Lipinski definition) is 3. The number of anilines is 1. The van der Waals surface area contributed by atoms with E-state index in [9.17, 15) is 14.3 Å². The van der Waals surface area contributed by atoms with E-state index in [1.807, 2.05) is 4.90 Å². The zero-order valence-electron chi connectivity index (χ0n) is 11.0. The molecule has 0 bridgehead atoms. The molecule has 2 rings (SSSR count). The first-order valence-corrected chi connectivity index (χ1v) is 6.51. The van der Waals surface area contributed by atoms with Gasteiger partial charge in [0.15, 0.2) is 0 Å². The van der Waals surface area contributed by atoms with Gasteiger partial charge in [-0.15, -0.1) is 0 Å². The second-order valence-corrected chi connectivity index (χ2v) is 5.07. The summed E-state index contributed by atoms with van der Waals surface area (Å²) in [6.07, 6.45) is 0.904. The molecule has 1 aliphatic rings. The monoisotopic (exact) mass is 266 g/mol. The largest absolute Gasteiger partial charge is 0.389 e. The number of nitrogens with zero attached hydrogens (tertiary/aromatic N) is 1. The summed E-state index contributed by atoms with van der Waals surface area (Å²) in [5, 5.41) is 9.75. The minimum Gasteiger partial charge on any atom is -0.389 e. The van der Waals surface area contributed by atoms with Gasteiger partial charge in [0.2, 0.25) is 5.91 Å². The summed E-state index contributed by atoms with van der Waals surface area (Å²) in [4.78, 5) is 13.3. The average Bonchev–Trinajstić information content (AvgIpc) is 2.38. The highest BCUT2D eigenvalue weighted by molar-refractivity contribution is 5.77. The Morgan fingerprint density at radius 3 is 2.95 bits per heavy atom. The zero-order valence-corrected chi connectivity index (χ0v) is 11.0. The first-order valence-electron chi connectivity index (χ1n) is 6.51. The van der Waals surface area contributed by atoms with Crippen molar-refractivity contribution in [3.63, 3.8) is 0 Å². The number of halogens is 1. The minimum absolute atomic E-state index is 0.180. The molecule has 0 radical (unpaired) electrons. The third-order valence-electron chi connectivity index (χ3n) is 3.60. The van der Waals surface area contributed by atoms with Crippen LogP contribution in [0.2, 0.25) is 0 Å². The Bertz CT molecular complexity index is 477. The van der Waals surface area contributed by atoms with E-state index in [-0.39, 0.29) is 17.6 Å². The van der Waals surface area contributed by atoms with Gasteiger partial charge in [-0.25, -0.2) is 4.39 Å². The highest BCUT2D eigenvalue weighted by Crippen LogP contribution is 2.30. The molecule has 1 amide bonds. The van der Waals surface area contributed by atoms with Crippen LogP contribution in [0.5, 0.6) is 0 Å². The van der Waals surface area contributed by atoms with Crippen molar-refractivity contribution in [1.29, 1.82) is 0 Å². The van der Waals surface area contributed by atoms with Gasteiger partial charge < -0.3 is 15.7 Å². The molecule has 1 saturated heterocycles. The van der Waals surface area contributed by atoms with Crippen molar-refractivity contribution in [3.8, 4) is 0 Å². The minimum atomic E-state index is -0.750. The molecule has 0 saturated carbocycles. The van der Waals surface area contributed by atoms with E-state index in [0.29, 0.717) is 12.1 Å². The van der Waals surface area contributed by atoms with Gasteiger partial charge >= 0.3 is 0 Å². The van der Waals surface area contributed by atoms with Crippen molar-refractivity contribution in [1.82, 2.24) is 0 Å². The van der Waals surface area contributed by atoms with Crippen LogP contribution in [0, 0.1) is 11.7 Å². The molecule has 0 aliphatic carbocycles. The number of rotatable bonds is 3. The van der Waals surface area contributed by atoms with Gasteiger partial charge in [-0.2, -0.15) is 0 Å². The molecule has 1 aromatic carbocycles. The van der Waals surface area contributed by atoms with E-state index < -0.39 is 6.10 Å². The lowest BCUT2D eigenvalue weighted by molar-refractivity contribution is -0.122. The van der Waals surface area contributed by atoms with Crippen LogP contribution in [0.4, 0.5) is 10.1 Å². The molecule has 0 aromatic heterocycles. The van der Waals surface area contributed by atoms with Gasteiger partial charge in [0.05, 0.1) is 12.0 Å². The summed E-state index contributed by atoms with van der Waals surface area (Å²) >= 11 is 0. The number of amides is 1. The van der Waals surface area contributed by atoms with Crippen LogP contribution in [0.25, 0.3) is 0 Å². The lowest BCUT2D eigenvalue weighted by atomic mass is 9.95. The smallest absolute Gasteiger partial charge is 0.222 e. The van der Waals surface area contributed by atoms with Crippen molar-refractivity contribution in [2.75, 3.05) is 18.0 Å². The number of primary amides is 1. The first-order chi connectivity index (χ1) is 8.99. The fraction of sp³-hybridized carbons (Fsp3) is 0.500. The van der Waals surface area contributed by atoms with E-state index in [1.165, 1.54) is 12.1 Å². The predicted molar refractivity (Wildman–Crippen MR) is 71.2 cm³/mol. The van der Waals surface area contributed by atoms with Crippen LogP contribution in [-0.4, -0.2) is 24.1 Å². The van der Waals surface area contributed by atoms with E-state index in [2.05, 4.69) is 0 Å². The Hall–Kier alpha value is -1.62. The maximum Gasteiger partial charge on any atom is 0.222 e. The summed E-state index contributed by atoms with van der Waals surface area (Å²) in [5.41, 5.74) is 6.68. The summed E-state index contributed by atoms with van der Waals surface area (Å²) in [6.45, 7) is 2.92. The van der Waals surface area contributed by atoms with Crippen molar-refractivity contribution in [2.24, 2.45) is 11.7 Å². The first kappa shape index (κ1) is 13.8. The average molecular weight is 266 g/mol. The summed E-state index contributed by atoms with van der Waals surface area (Å²) in [5.74, 6) is -0.853. The van der Waals surface area contributed by atoms with E-state index in [4.69, 9.17) is 5.73 Å². The number of aliphatic hydroxyl groups is 1. The molecular weight excluding hydrogens is 247 g/mol. The van der Waals surface area contributed by atoms with E-state index in [1.54, 1.807) is 13.0 Å². The van der Waals surface area contributed by atoms with E-state index >= 15 is 0 Å². The maximum atomic E-state index is 13.3. The molecule has 2 atom stereocenters. The summed E-state index contributed by atoms with van der Waals surface area (Å²) < 4.78 is 13.3. The normalized spacial score (nSPS) is 21.2. The van der Waals surface area contributed by atoms with Crippen LogP contribution >= 0.6 is 0 Å². The lowest BCUT2D eigenvalue weighted by Crippen LogP contribution is -2.41. The fourth-order valence-corrected chi connectivity index (χ4v) is 2.58. The Balaban J connectivity index is 2.28. The molecule has 3 N–H and O–H groups in total. The number of piperidine rings is 1. The highest BCUT2D eigenvalue weighted by atomic mass is 19.1. The molecule has 4 nitrogen and oxygen atoms in total. The SMILES string of the molecule is C[C@H](O)c1cc(F)ccc1N1CCCC(C(N)=O)C1. The third kappa shape index (κ3) is 3.04. The molecule has 1 aromatic rings. The number of benzene rings is 1. The number of carbonyl (C=O) groups is 1. The Kier molecular flexibility index (Phi) is 4.04. The summed E-state index contributed by atoms with van der Waals surface area (Å²) in [6, 6.07) is 4.36. The highest BCUT2D eigenvalue weighted by Gasteiger charge is 2.26. The third-order valence-corrected chi connectivity index (χ3v) is 3.60. The quantitative estimate of drug-likeness (QED) is 0.873. The van der Waals surface area contributed by atoms with Gasteiger partial charge in [-0.3, -0.25) is 4.79 Å². The molecule has 1 heterocycles. The van der Waals surface area contributed by atoms with Crippen molar-refractivity contribution in [2.45, 2.75) is 25.9 Å². The number of aliphatic hydroxyl groups excluding tert-OH is 1. The molecule has 1 unspecified atom stereocenters. The Labute approximate surface area is 112 Å². The van der Waals surface area contributed by atoms with Crippen LogP contribution in [0.15, 0.2) is 18.2 Å². The van der Waals surface area contributed by atoms with Crippen LogP contribution in [0.1, 0.15) is 31.4 Å². The molecule has 0 spiro atoms. The topological polar surface area (TPSA) is 66.6 Å². The van der Waals surface area contributed by atoms with Gasteiger partial charge in [0.25, 0.3) is 0 Å². The summed E-state index contributed by atoms with van der Waals surface area (Å²) in [7, 11) is 0. The zero-order chi connectivity index (χ0) is 14.0. The van der Waals surface area contributed by atoms with Gasteiger partial charge in [0, 0.05) is 24.3 Å². The number of carbonyl (C=O) groups excluding carboxylic acids is 1. The molecule has 1 fully saturated rings. The predicted octanol–water partition coefficient (Wildman–Crippen LogP) is 1.58. The molecule has 1 aliphatic heterocycles. The van der Waals surface area contributed by atoms with Crippen molar-refractivity contribution < 1.29 is 14.3 Å². The molecule has 5 heteroatoms. The van der Waals surface area contributed by atoms with E-state index in [0.717, 1.165) is 25.1 Å². The number of nitrogens with two attached hydrogens (primary N) is 1. The van der Waals surface area contributed by atoms with Crippen LogP contribution < -0.4 is 10.6 Å².